The average molecular weight is 329 g/mol. The minimum absolute atomic E-state index is 0.566. The van der Waals surface area contributed by atoms with Crippen molar-refractivity contribution in [3.8, 4) is 0 Å². The molecule has 0 spiro atoms. The first-order valence-electron chi connectivity index (χ1n) is 7.22. The van der Waals surface area contributed by atoms with E-state index in [4.69, 9.17) is 0 Å². The first-order valence-corrected chi connectivity index (χ1v) is 8.98. The van der Waals surface area contributed by atoms with E-state index in [-0.39, 0.29) is 0 Å². The van der Waals surface area contributed by atoms with E-state index < -0.39 is 12.0 Å². The van der Waals surface area contributed by atoms with Crippen molar-refractivity contribution in [3.05, 3.63) is 57.1 Å². The zero-order valence-corrected chi connectivity index (χ0v) is 13.5. The molecule has 1 N–H and O–H groups in total. The van der Waals surface area contributed by atoms with Crippen molar-refractivity contribution in [2.45, 2.75) is 19.0 Å². The van der Waals surface area contributed by atoms with E-state index in [1.165, 1.54) is 10.4 Å². The van der Waals surface area contributed by atoms with Crippen molar-refractivity contribution < 1.29 is 9.90 Å². The molecule has 0 aliphatic carbocycles. The van der Waals surface area contributed by atoms with Crippen LogP contribution in [0.1, 0.15) is 22.0 Å². The quantitative estimate of drug-likeness (QED) is 0.785. The van der Waals surface area contributed by atoms with E-state index in [0.29, 0.717) is 0 Å². The number of carbonyl (C=O) groups is 1. The summed E-state index contributed by atoms with van der Waals surface area (Å²) in [5, 5.41) is 15.0. The second-order valence-electron chi connectivity index (χ2n) is 5.52. The van der Waals surface area contributed by atoms with Crippen molar-refractivity contribution in [1.82, 2.24) is 4.90 Å². The van der Waals surface area contributed by atoms with Crippen LogP contribution in [0.15, 0.2) is 41.1 Å². The van der Waals surface area contributed by atoms with E-state index in [1.54, 1.807) is 22.7 Å². The van der Waals surface area contributed by atoms with Gasteiger partial charge >= 0.3 is 5.97 Å². The number of thiophene rings is 2. The summed E-state index contributed by atoms with van der Waals surface area (Å²) in [6, 6.07) is 9.61. The molecule has 0 radical (unpaired) electrons. The highest BCUT2D eigenvalue weighted by molar-refractivity contribution is 7.17. The largest absolute Gasteiger partial charge is 0.480 e. The van der Waals surface area contributed by atoms with Crippen LogP contribution in [-0.2, 0) is 17.8 Å². The van der Waals surface area contributed by atoms with Gasteiger partial charge in [-0.1, -0.05) is 18.2 Å². The third-order valence-electron chi connectivity index (χ3n) is 4.24. The molecule has 22 heavy (non-hydrogen) atoms. The molecule has 1 aliphatic heterocycles. The summed E-state index contributed by atoms with van der Waals surface area (Å²) in [6.07, 6.45) is 0.943. The van der Waals surface area contributed by atoms with Crippen LogP contribution in [0.25, 0.3) is 10.1 Å². The third kappa shape index (κ3) is 2.26. The minimum Gasteiger partial charge on any atom is -0.480 e. The number of hydrogen-bond acceptors (Lipinski definition) is 4. The topological polar surface area (TPSA) is 40.5 Å². The summed E-state index contributed by atoms with van der Waals surface area (Å²) in [5.74, 6) is -0.762. The van der Waals surface area contributed by atoms with E-state index >= 15 is 0 Å². The molecular weight excluding hydrogens is 314 g/mol. The maximum absolute atomic E-state index is 12.0. The molecule has 0 saturated heterocycles. The number of carboxylic acid groups (broad SMARTS) is 1. The van der Waals surface area contributed by atoms with Crippen LogP contribution in [0.3, 0.4) is 0 Å². The number of benzene rings is 1. The maximum atomic E-state index is 12.0. The van der Waals surface area contributed by atoms with Crippen molar-refractivity contribution in [1.29, 1.82) is 0 Å². The summed E-state index contributed by atoms with van der Waals surface area (Å²) in [6.45, 7) is 1.52. The van der Waals surface area contributed by atoms with E-state index in [9.17, 15) is 9.90 Å². The van der Waals surface area contributed by atoms with Crippen LogP contribution in [-0.4, -0.2) is 22.5 Å². The molecule has 5 heteroatoms. The van der Waals surface area contributed by atoms with Gasteiger partial charge in [-0.3, -0.25) is 9.69 Å². The Bertz CT molecular complexity index is 836. The van der Waals surface area contributed by atoms with Gasteiger partial charge in [0.1, 0.15) is 6.04 Å². The van der Waals surface area contributed by atoms with Gasteiger partial charge in [0.05, 0.1) is 0 Å². The van der Waals surface area contributed by atoms with Crippen molar-refractivity contribution in [2.75, 3.05) is 6.54 Å². The molecule has 1 unspecified atom stereocenters. The first kappa shape index (κ1) is 13.9. The Balaban J connectivity index is 1.74. The lowest BCUT2D eigenvalue weighted by Gasteiger charge is -2.32. The van der Waals surface area contributed by atoms with E-state index in [1.807, 2.05) is 23.6 Å². The summed E-state index contributed by atoms with van der Waals surface area (Å²) in [7, 11) is 0. The molecule has 0 bridgehead atoms. The average Bonchev–Trinajstić information content (AvgIpc) is 3.14. The molecule has 3 heterocycles. The van der Waals surface area contributed by atoms with Gasteiger partial charge in [0.2, 0.25) is 0 Å². The second-order valence-corrected chi connectivity index (χ2v) is 7.43. The Hall–Kier alpha value is -1.69. The molecule has 112 valence electrons. The van der Waals surface area contributed by atoms with Crippen LogP contribution in [0.2, 0.25) is 0 Å². The zero-order valence-electron chi connectivity index (χ0n) is 11.9. The molecule has 2 aromatic heterocycles. The van der Waals surface area contributed by atoms with Crippen molar-refractivity contribution in [3.63, 3.8) is 0 Å². The number of rotatable bonds is 3. The first-order chi connectivity index (χ1) is 10.7. The fraction of sp³-hybridized carbons (Fsp3) is 0.235. The molecule has 1 aromatic carbocycles. The summed E-state index contributed by atoms with van der Waals surface area (Å²) in [5.41, 5.74) is 2.20. The van der Waals surface area contributed by atoms with Gasteiger partial charge in [-0.05, 0) is 45.8 Å². The van der Waals surface area contributed by atoms with E-state index in [0.717, 1.165) is 35.2 Å². The van der Waals surface area contributed by atoms with Crippen molar-refractivity contribution >= 4 is 38.7 Å². The number of aliphatic carboxylic acids is 1. The predicted molar refractivity (Wildman–Crippen MR) is 90.6 cm³/mol. The zero-order chi connectivity index (χ0) is 15.1. The summed E-state index contributed by atoms with van der Waals surface area (Å²) < 4.78 is 1.15. The predicted octanol–water partition coefficient (Wildman–Crippen LogP) is 4.15. The highest BCUT2D eigenvalue weighted by Crippen LogP contribution is 2.36. The van der Waals surface area contributed by atoms with Gasteiger partial charge in [0.25, 0.3) is 0 Å². The lowest BCUT2D eigenvalue weighted by atomic mass is 10.0. The molecule has 1 aliphatic rings. The Morgan fingerprint density at radius 1 is 1.23 bits per heavy atom. The Kier molecular flexibility index (Phi) is 3.48. The molecule has 3 aromatic rings. The SMILES string of the molecule is O=C(O)C(c1csc2ccccc12)N1CCc2sccc2C1. The second kappa shape index (κ2) is 5.50. The number of hydrogen-bond donors (Lipinski definition) is 1. The lowest BCUT2D eigenvalue weighted by molar-refractivity contribution is -0.144. The number of nitrogens with zero attached hydrogens (tertiary/aromatic N) is 1. The van der Waals surface area contributed by atoms with Crippen LogP contribution < -0.4 is 0 Å². The monoisotopic (exact) mass is 329 g/mol. The molecule has 0 fully saturated rings. The fourth-order valence-corrected chi connectivity index (χ4v) is 5.06. The lowest BCUT2D eigenvalue weighted by Crippen LogP contribution is -2.37. The molecule has 3 nitrogen and oxygen atoms in total. The van der Waals surface area contributed by atoms with Crippen molar-refractivity contribution in [2.24, 2.45) is 0 Å². The van der Waals surface area contributed by atoms with Crippen LogP contribution in [0.5, 0.6) is 0 Å². The summed E-state index contributed by atoms with van der Waals surface area (Å²) in [4.78, 5) is 15.4. The highest BCUT2D eigenvalue weighted by Gasteiger charge is 2.32. The van der Waals surface area contributed by atoms with Gasteiger partial charge in [-0.15, -0.1) is 22.7 Å². The molecule has 0 saturated carbocycles. The van der Waals surface area contributed by atoms with Gasteiger partial charge < -0.3 is 5.11 Å². The molecule has 1 atom stereocenters. The van der Waals surface area contributed by atoms with Crippen LogP contribution in [0, 0.1) is 0 Å². The maximum Gasteiger partial charge on any atom is 0.325 e. The Morgan fingerprint density at radius 2 is 2.09 bits per heavy atom. The van der Waals surface area contributed by atoms with E-state index in [2.05, 4.69) is 22.4 Å². The highest BCUT2D eigenvalue weighted by atomic mass is 32.1. The number of carboxylic acids is 1. The van der Waals surface area contributed by atoms with Gasteiger partial charge in [0, 0.05) is 22.7 Å². The normalized spacial score (nSPS) is 16.5. The Morgan fingerprint density at radius 3 is 2.95 bits per heavy atom. The molecule has 0 amide bonds. The smallest absolute Gasteiger partial charge is 0.325 e. The van der Waals surface area contributed by atoms with Gasteiger partial charge in [-0.2, -0.15) is 0 Å². The van der Waals surface area contributed by atoms with Crippen LogP contribution in [0.4, 0.5) is 0 Å². The van der Waals surface area contributed by atoms with Crippen LogP contribution >= 0.6 is 22.7 Å². The minimum atomic E-state index is -0.762. The fourth-order valence-electron chi connectivity index (χ4n) is 3.19. The standard InChI is InChI=1S/C17H15NO2S2/c19-17(20)16(13-10-22-15-4-2-1-3-12(13)15)18-7-5-14-11(9-18)6-8-21-14/h1-4,6,8,10,16H,5,7,9H2,(H,19,20). The molecule has 4 rings (SSSR count). The number of fused-ring (bicyclic) bond motifs is 2. The van der Waals surface area contributed by atoms with Gasteiger partial charge in [-0.25, -0.2) is 0 Å². The third-order valence-corrected chi connectivity index (χ3v) is 6.25. The molecular formula is C17H15NO2S2. The summed E-state index contributed by atoms with van der Waals surface area (Å²) >= 11 is 3.40. The van der Waals surface area contributed by atoms with Gasteiger partial charge in [0.15, 0.2) is 0 Å². The Labute approximate surface area is 136 Å².